The van der Waals surface area contributed by atoms with Crippen LogP contribution in [0.3, 0.4) is 0 Å². The van der Waals surface area contributed by atoms with E-state index in [1.54, 1.807) is 18.2 Å². The Bertz CT molecular complexity index is 1290. The Balaban J connectivity index is 1.45. The third-order valence-corrected chi connectivity index (χ3v) is 5.68. The highest BCUT2D eigenvalue weighted by Crippen LogP contribution is 2.30. The summed E-state index contributed by atoms with van der Waals surface area (Å²) >= 11 is 1.35. The van der Waals surface area contributed by atoms with Gasteiger partial charge in [0.25, 0.3) is 5.56 Å². The van der Waals surface area contributed by atoms with E-state index in [1.165, 1.54) is 34.4 Å². The van der Waals surface area contributed by atoms with Gasteiger partial charge in [-0.2, -0.15) is 0 Å². The normalized spacial score (nSPS) is 11.0. The lowest BCUT2D eigenvalue weighted by Gasteiger charge is -2.07. The Hall–Kier alpha value is -3.39. The van der Waals surface area contributed by atoms with Gasteiger partial charge in [0.15, 0.2) is 5.13 Å². The molecule has 0 unspecified atom stereocenters. The van der Waals surface area contributed by atoms with Gasteiger partial charge in [0.05, 0.1) is 22.9 Å². The number of nitrogens with one attached hydrogen (secondary N) is 1. The molecule has 1 N–H and O–H groups in total. The van der Waals surface area contributed by atoms with Crippen LogP contribution in [0.15, 0.2) is 53.6 Å². The third kappa shape index (κ3) is 3.99. The molecular weight excluding hydrogens is 403 g/mol. The van der Waals surface area contributed by atoms with Crippen LogP contribution in [-0.4, -0.2) is 20.4 Å². The van der Waals surface area contributed by atoms with E-state index in [1.807, 2.05) is 26.0 Å². The zero-order valence-electron chi connectivity index (χ0n) is 16.5. The number of anilines is 1. The van der Waals surface area contributed by atoms with E-state index in [-0.39, 0.29) is 30.2 Å². The molecule has 2 aromatic heterocycles. The predicted octanol–water partition coefficient (Wildman–Crippen LogP) is 4.30. The second-order valence-corrected chi connectivity index (χ2v) is 8.15. The van der Waals surface area contributed by atoms with E-state index in [0.29, 0.717) is 21.7 Å². The number of aryl methyl sites for hydroxylation is 3. The average molecular weight is 422 g/mol. The quantitative estimate of drug-likeness (QED) is 0.520. The van der Waals surface area contributed by atoms with Gasteiger partial charge in [0.1, 0.15) is 5.82 Å². The first-order valence-corrected chi connectivity index (χ1v) is 10.2. The Morgan fingerprint density at radius 3 is 2.70 bits per heavy atom. The fourth-order valence-corrected chi connectivity index (χ4v) is 4.08. The summed E-state index contributed by atoms with van der Waals surface area (Å²) < 4.78 is 14.6. The number of halogens is 1. The maximum absolute atomic E-state index is 13.1. The molecule has 0 saturated carbocycles. The Labute approximate surface area is 176 Å². The van der Waals surface area contributed by atoms with Gasteiger partial charge in [-0.25, -0.2) is 14.4 Å². The van der Waals surface area contributed by atoms with Crippen LogP contribution >= 0.6 is 11.3 Å². The number of para-hydroxylation sites is 1. The van der Waals surface area contributed by atoms with Gasteiger partial charge in [-0.1, -0.05) is 12.1 Å². The van der Waals surface area contributed by atoms with Crippen molar-refractivity contribution in [3.05, 3.63) is 75.4 Å². The predicted molar refractivity (Wildman–Crippen MR) is 116 cm³/mol. The first-order chi connectivity index (χ1) is 14.4. The minimum Gasteiger partial charge on any atom is -0.302 e. The summed E-state index contributed by atoms with van der Waals surface area (Å²) in [4.78, 5) is 34.7. The standard InChI is InChI=1S/C22H19FN4O2S/c1-13-4-3-5-17-19(13)24-12-27(21(17)29)11-10-18(28)25-22-26-20(14(2)30-22)15-6-8-16(23)9-7-15/h3-9,12H,10-11H2,1-2H3,(H,25,26,28). The molecule has 6 nitrogen and oxygen atoms in total. The van der Waals surface area contributed by atoms with Crippen LogP contribution in [0.4, 0.5) is 9.52 Å². The zero-order valence-corrected chi connectivity index (χ0v) is 17.3. The minimum absolute atomic E-state index is 0.115. The summed E-state index contributed by atoms with van der Waals surface area (Å²) in [6.07, 6.45) is 1.59. The summed E-state index contributed by atoms with van der Waals surface area (Å²) in [7, 11) is 0. The molecule has 0 radical (unpaired) electrons. The fraction of sp³-hybridized carbons (Fsp3) is 0.182. The minimum atomic E-state index is -0.311. The van der Waals surface area contributed by atoms with Crippen molar-refractivity contribution in [1.29, 1.82) is 0 Å². The molecule has 0 spiro atoms. The molecule has 8 heteroatoms. The maximum atomic E-state index is 13.1. The van der Waals surface area contributed by atoms with Crippen molar-refractivity contribution in [3.8, 4) is 11.3 Å². The highest BCUT2D eigenvalue weighted by Gasteiger charge is 2.13. The molecule has 0 bridgehead atoms. The van der Waals surface area contributed by atoms with E-state index in [2.05, 4.69) is 15.3 Å². The van der Waals surface area contributed by atoms with E-state index >= 15 is 0 Å². The molecule has 152 valence electrons. The number of hydrogen-bond donors (Lipinski definition) is 1. The number of benzene rings is 2. The molecular formula is C22H19FN4O2S. The molecule has 2 heterocycles. The fourth-order valence-electron chi connectivity index (χ4n) is 3.23. The maximum Gasteiger partial charge on any atom is 0.261 e. The number of thiazole rings is 1. The van der Waals surface area contributed by atoms with Gasteiger partial charge in [-0.15, -0.1) is 11.3 Å². The van der Waals surface area contributed by atoms with Crippen molar-refractivity contribution >= 4 is 33.3 Å². The van der Waals surface area contributed by atoms with Gasteiger partial charge < -0.3 is 5.32 Å². The number of amides is 1. The molecule has 0 fully saturated rings. The lowest BCUT2D eigenvalue weighted by Crippen LogP contribution is -2.23. The second-order valence-electron chi connectivity index (χ2n) is 6.94. The number of hydrogen-bond acceptors (Lipinski definition) is 5. The highest BCUT2D eigenvalue weighted by atomic mass is 32.1. The first kappa shape index (κ1) is 19.9. The van der Waals surface area contributed by atoms with E-state index < -0.39 is 0 Å². The molecule has 4 rings (SSSR count). The van der Waals surface area contributed by atoms with Crippen molar-refractivity contribution < 1.29 is 9.18 Å². The van der Waals surface area contributed by atoms with Gasteiger partial charge >= 0.3 is 0 Å². The lowest BCUT2D eigenvalue weighted by molar-refractivity contribution is -0.116. The molecule has 4 aromatic rings. The summed E-state index contributed by atoms with van der Waals surface area (Å²) in [6, 6.07) is 11.5. The van der Waals surface area contributed by atoms with Gasteiger partial charge in [-0.3, -0.25) is 14.2 Å². The number of aromatic nitrogens is 3. The summed E-state index contributed by atoms with van der Waals surface area (Å²) in [6.45, 7) is 4.02. The van der Waals surface area contributed by atoms with E-state index in [9.17, 15) is 14.0 Å². The number of nitrogens with zero attached hydrogens (tertiary/aromatic N) is 3. The van der Waals surface area contributed by atoms with Gasteiger partial charge in [0, 0.05) is 23.4 Å². The lowest BCUT2D eigenvalue weighted by atomic mass is 10.1. The summed E-state index contributed by atoms with van der Waals surface area (Å²) in [5.74, 6) is -0.556. The van der Waals surface area contributed by atoms with Crippen LogP contribution in [0.2, 0.25) is 0 Å². The topological polar surface area (TPSA) is 76.9 Å². The zero-order chi connectivity index (χ0) is 21.3. The van der Waals surface area contributed by atoms with Crippen LogP contribution in [0.5, 0.6) is 0 Å². The summed E-state index contributed by atoms with van der Waals surface area (Å²) in [5, 5.41) is 3.79. The van der Waals surface area contributed by atoms with Crippen molar-refractivity contribution in [1.82, 2.24) is 14.5 Å². The number of carbonyl (C=O) groups is 1. The molecule has 0 aliphatic heterocycles. The molecule has 0 atom stereocenters. The van der Waals surface area contributed by atoms with Crippen LogP contribution < -0.4 is 10.9 Å². The third-order valence-electron chi connectivity index (χ3n) is 4.80. The molecule has 30 heavy (non-hydrogen) atoms. The monoisotopic (exact) mass is 422 g/mol. The largest absolute Gasteiger partial charge is 0.302 e. The van der Waals surface area contributed by atoms with Crippen molar-refractivity contribution in [3.63, 3.8) is 0 Å². The first-order valence-electron chi connectivity index (χ1n) is 9.40. The van der Waals surface area contributed by atoms with Crippen molar-refractivity contribution in [2.45, 2.75) is 26.8 Å². The number of fused-ring (bicyclic) bond motifs is 1. The molecule has 0 saturated heterocycles. The SMILES string of the molecule is Cc1sc(NC(=O)CCn2cnc3c(C)cccc3c2=O)nc1-c1ccc(F)cc1. The van der Waals surface area contributed by atoms with E-state index in [4.69, 9.17) is 0 Å². The molecule has 0 aliphatic carbocycles. The summed E-state index contributed by atoms with van der Waals surface area (Å²) in [5.41, 5.74) is 2.94. The van der Waals surface area contributed by atoms with Crippen LogP contribution in [0, 0.1) is 19.7 Å². The van der Waals surface area contributed by atoms with E-state index in [0.717, 1.165) is 16.0 Å². The second kappa shape index (κ2) is 8.16. The molecule has 1 amide bonds. The Kier molecular flexibility index (Phi) is 5.41. The van der Waals surface area contributed by atoms with Crippen LogP contribution in [0.25, 0.3) is 22.2 Å². The number of carbonyl (C=O) groups excluding carboxylic acids is 1. The van der Waals surface area contributed by atoms with Gasteiger partial charge in [-0.05, 0) is 49.7 Å². The highest BCUT2D eigenvalue weighted by molar-refractivity contribution is 7.16. The average Bonchev–Trinajstić information content (AvgIpc) is 3.08. The van der Waals surface area contributed by atoms with Crippen molar-refractivity contribution in [2.75, 3.05) is 5.32 Å². The van der Waals surface area contributed by atoms with Crippen LogP contribution in [0.1, 0.15) is 16.9 Å². The molecule has 0 aliphatic rings. The van der Waals surface area contributed by atoms with Crippen molar-refractivity contribution in [2.24, 2.45) is 0 Å². The molecule has 2 aromatic carbocycles. The smallest absolute Gasteiger partial charge is 0.261 e. The Morgan fingerprint density at radius 1 is 1.17 bits per heavy atom. The number of rotatable bonds is 5. The Morgan fingerprint density at radius 2 is 1.93 bits per heavy atom. The van der Waals surface area contributed by atoms with Gasteiger partial charge in [0.2, 0.25) is 5.91 Å². The van der Waals surface area contributed by atoms with Crippen LogP contribution in [-0.2, 0) is 11.3 Å².